The lowest BCUT2D eigenvalue weighted by molar-refractivity contribution is -0.147. The Morgan fingerprint density at radius 1 is 1.27 bits per heavy atom. The maximum atomic E-state index is 13.5. The topological polar surface area (TPSA) is 110 Å². The molecule has 0 saturated carbocycles. The summed E-state index contributed by atoms with van der Waals surface area (Å²) in [5.41, 5.74) is -0.0807. The number of aryl methyl sites for hydroxylation is 2. The summed E-state index contributed by atoms with van der Waals surface area (Å²) < 4.78 is 71.6. The van der Waals surface area contributed by atoms with Crippen LogP contribution in [0.3, 0.4) is 0 Å². The van der Waals surface area contributed by atoms with E-state index in [1.807, 2.05) is 0 Å². The molecule has 13 heteroatoms. The lowest BCUT2D eigenvalue weighted by Crippen LogP contribution is -2.22. The van der Waals surface area contributed by atoms with E-state index in [-0.39, 0.29) is 34.7 Å². The number of nitrogens with zero attached hydrogens (tertiary/aromatic N) is 4. The van der Waals surface area contributed by atoms with Gasteiger partial charge in [-0.3, -0.25) is 4.79 Å². The summed E-state index contributed by atoms with van der Waals surface area (Å²) in [4.78, 5) is 15.5. The maximum absolute atomic E-state index is 13.5. The highest BCUT2D eigenvalue weighted by molar-refractivity contribution is 7.89. The summed E-state index contributed by atoms with van der Waals surface area (Å²) in [7, 11) is -1.22. The third-order valence-electron chi connectivity index (χ3n) is 4.21. The molecule has 0 saturated heterocycles. The zero-order chi connectivity index (χ0) is 22.3. The Morgan fingerprint density at radius 2 is 1.97 bits per heavy atom. The molecule has 162 valence electrons. The average molecular weight is 445 g/mol. The molecule has 0 aliphatic carbocycles. The summed E-state index contributed by atoms with van der Waals surface area (Å²) in [5, 5.41) is 6.02. The zero-order valence-electron chi connectivity index (χ0n) is 16.2. The number of carbonyl (C=O) groups excluding carboxylic acids is 1. The molecule has 0 aliphatic rings. The molecule has 1 amide bonds. The standard InChI is InChI=1S/C17H18F3N5O4S/c1-10-8-14(23-29-10)22-15(26)6-7-25-13-5-4-11(30(27,28)24(2)3)9-12(13)21-16(25)17(18,19)20/h4-5,8-9H,6-7H2,1-3H3,(H,22,23,26). The summed E-state index contributed by atoms with van der Waals surface area (Å²) in [5.74, 6) is -1.16. The van der Waals surface area contributed by atoms with Crippen LogP contribution in [-0.2, 0) is 27.5 Å². The Balaban J connectivity index is 1.93. The van der Waals surface area contributed by atoms with E-state index in [1.54, 1.807) is 6.92 Å². The van der Waals surface area contributed by atoms with Gasteiger partial charge in [0, 0.05) is 33.1 Å². The first kappa shape index (κ1) is 21.8. The van der Waals surface area contributed by atoms with Crippen LogP contribution < -0.4 is 5.32 Å². The molecule has 0 aliphatic heterocycles. The fourth-order valence-electron chi connectivity index (χ4n) is 2.77. The van der Waals surface area contributed by atoms with Crippen molar-refractivity contribution < 1.29 is 30.9 Å². The lowest BCUT2D eigenvalue weighted by atomic mass is 10.3. The number of imidazole rings is 1. The molecule has 0 spiro atoms. The molecule has 1 N–H and O–H groups in total. The minimum absolute atomic E-state index is 0.0603. The highest BCUT2D eigenvalue weighted by Gasteiger charge is 2.38. The molecule has 9 nitrogen and oxygen atoms in total. The predicted molar refractivity (Wildman–Crippen MR) is 100 cm³/mol. The van der Waals surface area contributed by atoms with Crippen LogP contribution in [0.1, 0.15) is 18.0 Å². The van der Waals surface area contributed by atoms with E-state index in [9.17, 15) is 26.4 Å². The quantitative estimate of drug-likeness (QED) is 0.625. The normalized spacial score (nSPS) is 12.6. The number of halogens is 3. The van der Waals surface area contributed by atoms with Crippen molar-refractivity contribution in [3.05, 3.63) is 35.9 Å². The molecule has 0 radical (unpaired) electrons. The van der Waals surface area contributed by atoms with Crippen molar-refractivity contribution in [1.29, 1.82) is 0 Å². The van der Waals surface area contributed by atoms with E-state index >= 15 is 0 Å². The number of rotatable bonds is 6. The molecule has 3 aromatic rings. The fraction of sp³-hybridized carbons (Fsp3) is 0.353. The van der Waals surface area contributed by atoms with Gasteiger partial charge < -0.3 is 14.4 Å². The van der Waals surface area contributed by atoms with Gasteiger partial charge in [0.2, 0.25) is 21.8 Å². The van der Waals surface area contributed by atoms with Gasteiger partial charge in [-0.15, -0.1) is 0 Å². The molecule has 1 aromatic carbocycles. The average Bonchev–Trinajstić information content (AvgIpc) is 3.22. The maximum Gasteiger partial charge on any atom is 0.449 e. The van der Waals surface area contributed by atoms with Gasteiger partial charge in [-0.2, -0.15) is 13.2 Å². The number of hydrogen-bond acceptors (Lipinski definition) is 6. The number of amides is 1. The molecule has 0 bridgehead atoms. The largest absolute Gasteiger partial charge is 0.449 e. The SMILES string of the molecule is Cc1cc(NC(=O)CCn2c(C(F)(F)F)nc3cc(S(=O)(=O)N(C)C)ccc32)no1. The molecule has 2 heterocycles. The van der Waals surface area contributed by atoms with Crippen molar-refractivity contribution in [2.45, 2.75) is 31.0 Å². The minimum atomic E-state index is -4.79. The minimum Gasteiger partial charge on any atom is -0.360 e. The number of benzene rings is 1. The first-order valence-electron chi connectivity index (χ1n) is 8.63. The van der Waals surface area contributed by atoms with Crippen LogP contribution in [-0.4, -0.2) is 47.4 Å². The summed E-state index contributed by atoms with van der Waals surface area (Å²) >= 11 is 0. The number of alkyl halides is 3. The molecule has 3 rings (SSSR count). The third-order valence-corrected chi connectivity index (χ3v) is 6.02. The molecule has 0 fully saturated rings. The number of hydrogen-bond donors (Lipinski definition) is 1. The molecule has 0 atom stereocenters. The Labute approximate surface area is 169 Å². The van der Waals surface area contributed by atoms with Gasteiger partial charge in [0.25, 0.3) is 0 Å². The molecule has 30 heavy (non-hydrogen) atoms. The number of anilines is 1. The van der Waals surface area contributed by atoms with Gasteiger partial charge in [-0.05, 0) is 25.1 Å². The number of carbonyl (C=O) groups is 1. The lowest BCUT2D eigenvalue weighted by Gasteiger charge is -2.12. The second-order valence-electron chi connectivity index (χ2n) is 6.64. The number of nitrogens with one attached hydrogen (secondary N) is 1. The van der Waals surface area contributed by atoms with Gasteiger partial charge in [-0.25, -0.2) is 17.7 Å². The summed E-state index contributed by atoms with van der Waals surface area (Å²) in [6, 6.07) is 4.99. The molecule has 0 unspecified atom stereocenters. The highest BCUT2D eigenvalue weighted by atomic mass is 32.2. The number of fused-ring (bicyclic) bond motifs is 1. The van der Waals surface area contributed by atoms with Crippen LogP contribution in [0.5, 0.6) is 0 Å². The van der Waals surface area contributed by atoms with E-state index in [2.05, 4.69) is 15.5 Å². The molecule has 2 aromatic heterocycles. The van der Waals surface area contributed by atoms with E-state index in [4.69, 9.17) is 4.52 Å². The van der Waals surface area contributed by atoms with Gasteiger partial charge in [0.1, 0.15) is 5.76 Å². The van der Waals surface area contributed by atoms with E-state index in [0.717, 1.165) is 14.9 Å². The van der Waals surface area contributed by atoms with Crippen molar-refractivity contribution >= 4 is 32.8 Å². The van der Waals surface area contributed by atoms with E-state index < -0.39 is 27.9 Å². The predicted octanol–water partition coefficient (Wildman–Crippen LogP) is 2.63. The van der Waals surface area contributed by atoms with Crippen LogP contribution >= 0.6 is 0 Å². The first-order chi connectivity index (χ1) is 13.9. The second kappa shape index (κ2) is 7.72. The summed E-state index contributed by atoms with van der Waals surface area (Å²) in [6.07, 6.45) is -5.09. The Kier molecular flexibility index (Phi) is 5.60. The Hall–Kier alpha value is -2.93. The number of sulfonamides is 1. The van der Waals surface area contributed by atoms with Crippen LogP contribution in [0.15, 0.2) is 33.7 Å². The smallest absolute Gasteiger partial charge is 0.360 e. The van der Waals surface area contributed by atoms with Crippen LogP contribution in [0, 0.1) is 6.92 Å². The van der Waals surface area contributed by atoms with Crippen LogP contribution in [0.2, 0.25) is 0 Å². The number of aromatic nitrogens is 3. The Bertz CT molecular complexity index is 1200. The van der Waals surface area contributed by atoms with E-state index in [1.165, 1.54) is 32.3 Å². The van der Waals surface area contributed by atoms with Crippen molar-refractivity contribution in [1.82, 2.24) is 19.0 Å². The Morgan fingerprint density at radius 3 is 2.53 bits per heavy atom. The van der Waals surface area contributed by atoms with Crippen molar-refractivity contribution in [3.63, 3.8) is 0 Å². The van der Waals surface area contributed by atoms with Crippen molar-refractivity contribution in [2.24, 2.45) is 0 Å². The van der Waals surface area contributed by atoms with Crippen molar-refractivity contribution in [3.8, 4) is 0 Å². The van der Waals surface area contributed by atoms with Crippen LogP contribution in [0.4, 0.5) is 19.0 Å². The van der Waals surface area contributed by atoms with Crippen LogP contribution in [0.25, 0.3) is 11.0 Å². The zero-order valence-corrected chi connectivity index (χ0v) is 17.0. The van der Waals surface area contributed by atoms with Gasteiger partial charge >= 0.3 is 6.18 Å². The monoisotopic (exact) mass is 445 g/mol. The fourth-order valence-corrected chi connectivity index (χ4v) is 3.69. The third kappa shape index (κ3) is 4.31. The van der Waals surface area contributed by atoms with Gasteiger partial charge in [0.05, 0.1) is 15.9 Å². The van der Waals surface area contributed by atoms with Gasteiger partial charge in [-0.1, -0.05) is 5.16 Å². The molecular formula is C17H18F3N5O4S. The summed E-state index contributed by atoms with van der Waals surface area (Å²) in [6.45, 7) is 1.30. The highest BCUT2D eigenvalue weighted by Crippen LogP contribution is 2.32. The second-order valence-corrected chi connectivity index (χ2v) is 8.80. The first-order valence-corrected chi connectivity index (χ1v) is 10.1. The van der Waals surface area contributed by atoms with E-state index in [0.29, 0.717) is 5.76 Å². The van der Waals surface area contributed by atoms with Gasteiger partial charge in [0.15, 0.2) is 5.82 Å². The van der Waals surface area contributed by atoms with Crippen molar-refractivity contribution in [2.75, 3.05) is 19.4 Å². The molecular weight excluding hydrogens is 427 g/mol.